The molecule has 0 spiro atoms. The summed E-state index contributed by atoms with van der Waals surface area (Å²) in [5.74, 6) is 0.655. The molecule has 35 heavy (non-hydrogen) atoms. The highest BCUT2D eigenvalue weighted by Gasteiger charge is 2.21. The molecule has 4 aromatic rings. The lowest BCUT2D eigenvalue weighted by atomic mass is 10.0. The SMILES string of the molecule is CCNC(=O)c1cc2c(-c3cc(S(=O)(=O)CC)ccc3Oc3ccccc3C)cn(C)c(=O)c2[nH]1. The first kappa shape index (κ1) is 24.3. The molecule has 0 radical (unpaired) electrons. The number of carbonyl (C=O) groups excluding carboxylic acids is 1. The molecule has 0 aliphatic heterocycles. The van der Waals surface area contributed by atoms with Crippen molar-refractivity contribution < 1.29 is 17.9 Å². The highest BCUT2D eigenvalue weighted by molar-refractivity contribution is 7.91. The number of pyridine rings is 1. The number of hydrogen-bond donors (Lipinski definition) is 2. The lowest BCUT2D eigenvalue weighted by Gasteiger charge is -2.16. The maximum atomic E-state index is 12.9. The summed E-state index contributed by atoms with van der Waals surface area (Å²) in [6.07, 6.45) is 1.63. The average Bonchev–Trinajstić information content (AvgIpc) is 3.29. The molecule has 0 unspecified atom stereocenters. The van der Waals surface area contributed by atoms with Crippen LogP contribution in [0.2, 0.25) is 0 Å². The minimum Gasteiger partial charge on any atom is -0.456 e. The quantitative estimate of drug-likeness (QED) is 0.401. The number of fused-ring (bicyclic) bond motifs is 1. The summed E-state index contributed by atoms with van der Waals surface area (Å²) in [6, 6.07) is 13.8. The zero-order valence-corrected chi connectivity index (χ0v) is 20.8. The number of nitrogens with one attached hydrogen (secondary N) is 2. The normalized spacial score (nSPS) is 11.5. The molecule has 0 aliphatic rings. The van der Waals surface area contributed by atoms with Crippen LogP contribution < -0.4 is 15.6 Å². The Labute approximate surface area is 203 Å². The van der Waals surface area contributed by atoms with Gasteiger partial charge in [0.25, 0.3) is 11.5 Å². The van der Waals surface area contributed by atoms with E-state index in [9.17, 15) is 18.0 Å². The Bertz CT molecular complexity index is 1600. The van der Waals surface area contributed by atoms with Gasteiger partial charge in [-0.25, -0.2) is 8.42 Å². The third-order valence-electron chi connectivity index (χ3n) is 5.84. The Morgan fingerprint density at radius 2 is 1.80 bits per heavy atom. The largest absolute Gasteiger partial charge is 0.456 e. The fourth-order valence-electron chi connectivity index (χ4n) is 3.88. The molecule has 0 atom stereocenters. The zero-order chi connectivity index (χ0) is 25.3. The number of nitrogens with zero attached hydrogens (tertiary/aromatic N) is 1. The highest BCUT2D eigenvalue weighted by atomic mass is 32.2. The van der Waals surface area contributed by atoms with Crippen LogP contribution in [0.1, 0.15) is 29.9 Å². The number of ether oxygens (including phenoxy) is 1. The number of aromatic amines is 1. The number of aromatic nitrogens is 2. The molecule has 0 saturated heterocycles. The van der Waals surface area contributed by atoms with Gasteiger partial charge in [-0.05, 0) is 49.7 Å². The summed E-state index contributed by atoms with van der Waals surface area (Å²) in [5, 5.41) is 3.22. The van der Waals surface area contributed by atoms with E-state index in [1.165, 1.54) is 10.6 Å². The van der Waals surface area contributed by atoms with Crippen molar-refractivity contribution in [1.29, 1.82) is 0 Å². The van der Waals surface area contributed by atoms with Crippen LogP contribution in [0.5, 0.6) is 11.5 Å². The molecule has 2 N–H and O–H groups in total. The first-order valence-electron chi connectivity index (χ1n) is 11.3. The Morgan fingerprint density at radius 1 is 1.06 bits per heavy atom. The van der Waals surface area contributed by atoms with Gasteiger partial charge in [0.05, 0.1) is 10.6 Å². The van der Waals surface area contributed by atoms with Gasteiger partial charge >= 0.3 is 0 Å². The fraction of sp³-hybridized carbons (Fsp3) is 0.231. The monoisotopic (exact) mass is 493 g/mol. The number of carbonyl (C=O) groups is 1. The number of sulfone groups is 1. The maximum absolute atomic E-state index is 12.9. The third kappa shape index (κ3) is 4.59. The van der Waals surface area contributed by atoms with E-state index in [1.807, 2.05) is 31.2 Å². The van der Waals surface area contributed by atoms with Crippen molar-refractivity contribution in [1.82, 2.24) is 14.9 Å². The molecule has 2 aromatic carbocycles. The molecule has 2 heterocycles. The standard InChI is InChI=1S/C26H27N3O5S/c1-5-27-25(30)21-14-19-20(15-29(4)26(31)24(19)28-21)18-13-17(35(32,33)6-2)11-12-23(18)34-22-10-8-7-9-16(22)3/h7-15,28H,5-6H2,1-4H3,(H,27,30). The highest BCUT2D eigenvalue weighted by Crippen LogP contribution is 2.39. The molecule has 182 valence electrons. The van der Waals surface area contributed by atoms with Crippen LogP contribution >= 0.6 is 0 Å². The number of rotatable bonds is 7. The van der Waals surface area contributed by atoms with Gasteiger partial charge in [-0.3, -0.25) is 9.59 Å². The van der Waals surface area contributed by atoms with Gasteiger partial charge in [-0.2, -0.15) is 0 Å². The maximum Gasteiger partial charge on any atom is 0.274 e. The molecular formula is C26H27N3O5S. The van der Waals surface area contributed by atoms with E-state index >= 15 is 0 Å². The second-order valence-electron chi connectivity index (χ2n) is 8.22. The van der Waals surface area contributed by atoms with E-state index in [0.29, 0.717) is 34.6 Å². The number of aryl methyl sites for hydroxylation is 2. The minimum absolute atomic E-state index is 0.0569. The van der Waals surface area contributed by atoms with Crippen LogP contribution in [0.15, 0.2) is 64.4 Å². The molecule has 2 aromatic heterocycles. The Morgan fingerprint density at radius 3 is 2.49 bits per heavy atom. The molecule has 4 rings (SSSR count). The van der Waals surface area contributed by atoms with Crippen molar-refractivity contribution in [3.8, 4) is 22.6 Å². The predicted octanol–water partition coefficient (Wildman–Crippen LogP) is 4.18. The number of H-pyrrole nitrogens is 1. The van der Waals surface area contributed by atoms with E-state index in [-0.39, 0.29) is 33.3 Å². The first-order valence-corrected chi connectivity index (χ1v) is 12.9. The van der Waals surface area contributed by atoms with Crippen molar-refractivity contribution >= 4 is 26.6 Å². The van der Waals surface area contributed by atoms with Gasteiger partial charge in [-0.1, -0.05) is 25.1 Å². The number of hydrogen-bond acceptors (Lipinski definition) is 5. The van der Waals surface area contributed by atoms with E-state index in [2.05, 4.69) is 10.3 Å². The lowest BCUT2D eigenvalue weighted by Crippen LogP contribution is -2.23. The van der Waals surface area contributed by atoms with E-state index in [0.717, 1.165) is 5.56 Å². The number of para-hydroxylation sites is 1. The average molecular weight is 494 g/mol. The summed E-state index contributed by atoms with van der Waals surface area (Å²) < 4.78 is 33.0. The van der Waals surface area contributed by atoms with Gasteiger partial charge in [0.2, 0.25) is 0 Å². The lowest BCUT2D eigenvalue weighted by molar-refractivity contribution is 0.0951. The van der Waals surface area contributed by atoms with Crippen LogP contribution in [0, 0.1) is 6.92 Å². The van der Waals surface area contributed by atoms with Crippen molar-refractivity contribution in [3.63, 3.8) is 0 Å². The van der Waals surface area contributed by atoms with Gasteiger partial charge in [0.1, 0.15) is 22.7 Å². The van der Waals surface area contributed by atoms with Crippen molar-refractivity contribution in [3.05, 3.63) is 76.3 Å². The molecule has 9 heteroatoms. The van der Waals surface area contributed by atoms with Crippen molar-refractivity contribution in [2.75, 3.05) is 12.3 Å². The summed E-state index contributed by atoms with van der Waals surface area (Å²) in [7, 11) is -1.91. The second kappa shape index (κ2) is 9.42. The van der Waals surface area contributed by atoms with Gasteiger partial charge < -0.3 is 19.6 Å². The summed E-state index contributed by atoms with van der Waals surface area (Å²) in [4.78, 5) is 28.4. The Hall–Kier alpha value is -3.85. The summed E-state index contributed by atoms with van der Waals surface area (Å²) >= 11 is 0. The molecule has 8 nitrogen and oxygen atoms in total. The zero-order valence-electron chi connectivity index (χ0n) is 20.0. The smallest absolute Gasteiger partial charge is 0.274 e. The second-order valence-corrected chi connectivity index (χ2v) is 10.5. The van der Waals surface area contributed by atoms with Gasteiger partial charge in [0.15, 0.2) is 9.84 Å². The Kier molecular flexibility index (Phi) is 6.53. The van der Waals surface area contributed by atoms with Crippen molar-refractivity contribution in [2.45, 2.75) is 25.7 Å². The Balaban J connectivity index is 2.01. The topological polar surface area (TPSA) is 110 Å². The predicted molar refractivity (Wildman–Crippen MR) is 136 cm³/mol. The summed E-state index contributed by atoms with van der Waals surface area (Å²) in [5.41, 5.74) is 2.14. The van der Waals surface area contributed by atoms with E-state index < -0.39 is 9.84 Å². The van der Waals surface area contributed by atoms with Crippen LogP contribution in [0.4, 0.5) is 0 Å². The van der Waals surface area contributed by atoms with Crippen molar-refractivity contribution in [2.24, 2.45) is 7.05 Å². The molecule has 0 bridgehead atoms. The number of amides is 1. The number of benzene rings is 2. The third-order valence-corrected chi connectivity index (χ3v) is 7.57. The van der Waals surface area contributed by atoms with Crippen LogP contribution in [-0.4, -0.2) is 36.2 Å². The molecule has 1 amide bonds. The molecule has 0 saturated carbocycles. The van der Waals surface area contributed by atoms with Crippen LogP contribution in [-0.2, 0) is 16.9 Å². The fourth-order valence-corrected chi connectivity index (χ4v) is 4.79. The molecular weight excluding hydrogens is 466 g/mol. The van der Waals surface area contributed by atoms with Gasteiger partial charge in [-0.15, -0.1) is 0 Å². The minimum atomic E-state index is -3.51. The molecule has 0 fully saturated rings. The molecule has 0 aliphatic carbocycles. The van der Waals surface area contributed by atoms with E-state index in [4.69, 9.17) is 4.74 Å². The van der Waals surface area contributed by atoms with Crippen LogP contribution in [0.25, 0.3) is 22.0 Å². The van der Waals surface area contributed by atoms with Gasteiger partial charge in [0, 0.05) is 36.3 Å². The first-order chi connectivity index (χ1) is 16.7. The van der Waals surface area contributed by atoms with E-state index in [1.54, 1.807) is 45.3 Å². The van der Waals surface area contributed by atoms with Crippen LogP contribution in [0.3, 0.4) is 0 Å². The summed E-state index contributed by atoms with van der Waals surface area (Å²) in [6.45, 7) is 5.74.